The minimum atomic E-state index is -0.347. The first-order chi connectivity index (χ1) is 15.5. The van der Waals surface area contributed by atoms with Crippen molar-refractivity contribution in [2.45, 2.75) is 32.4 Å². The molecule has 1 aromatic heterocycles. The Bertz CT molecular complexity index is 1090. The van der Waals surface area contributed by atoms with Crippen LogP contribution in [0.15, 0.2) is 54.6 Å². The van der Waals surface area contributed by atoms with Crippen LogP contribution in [0.4, 0.5) is 5.69 Å². The Balaban J connectivity index is 1.70. The Morgan fingerprint density at radius 1 is 1.12 bits per heavy atom. The highest BCUT2D eigenvalue weighted by Crippen LogP contribution is 2.38. The maximum Gasteiger partial charge on any atom is 0.322 e. The Labute approximate surface area is 191 Å². The molecule has 8 heteroatoms. The van der Waals surface area contributed by atoms with Gasteiger partial charge in [0.2, 0.25) is 0 Å². The van der Waals surface area contributed by atoms with Gasteiger partial charge in [0, 0.05) is 48.4 Å². The second kappa shape index (κ2) is 10.1. The van der Waals surface area contributed by atoms with Crippen LogP contribution in [-0.2, 0) is 25.6 Å². The fraction of sp³-hybridized carbons (Fsp3) is 0.333. The summed E-state index contributed by atoms with van der Waals surface area (Å²) in [7, 11) is 0. The zero-order valence-corrected chi connectivity index (χ0v) is 19.0. The number of hydrogen-bond acceptors (Lipinski definition) is 7. The number of hydroxylamine groups is 2. The van der Waals surface area contributed by atoms with Crippen LogP contribution in [0.5, 0.6) is 0 Å². The number of thioether (sulfide) groups is 1. The van der Waals surface area contributed by atoms with Crippen LogP contribution in [-0.4, -0.2) is 46.3 Å². The summed E-state index contributed by atoms with van der Waals surface area (Å²) in [6.45, 7) is 3.42. The maximum atomic E-state index is 11.9. The minimum absolute atomic E-state index is 0.121. The summed E-state index contributed by atoms with van der Waals surface area (Å²) >= 11 is 1.52. The molecular weight excluding hydrogens is 426 g/mol. The molecule has 0 aliphatic carbocycles. The van der Waals surface area contributed by atoms with Crippen molar-refractivity contribution in [3.8, 4) is 0 Å². The van der Waals surface area contributed by atoms with Gasteiger partial charge in [0.15, 0.2) is 0 Å². The first kappa shape index (κ1) is 22.2. The van der Waals surface area contributed by atoms with Crippen molar-refractivity contribution in [2.24, 2.45) is 0 Å². The summed E-state index contributed by atoms with van der Waals surface area (Å²) < 4.78 is 5.13. The zero-order valence-electron chi connectivity index (χ0n) is 18.2. The van der Waals surface area contributed by atoms with E-state index >= 15 is 0 Å². The van der Waals surface area contributed by atoms with Crippen molar-refractivity contribution >= 4 is 40.3 Å². The van der Waals surface area contributed by atoms with E-state index in [1.165, 1.54) is 36.6 Å². The highest BCUT2D eigenvalue weighted by Gasteiger charge is 2.38. The topological polar surface area (TPSA) is 83.7 Å². The van der Waals surface area contributed by atoms with Gasteiger partial charge in [-0.1, -0.05) is 36.4 Å². The van der Waals surface area contributed by atoms with Crippen LogP contribution >= 0.6 is 11.8 Å². The molecular formula is C24H27N3O4S. The number of carbonyl (C=O) groups excluding carboxylic acids is 2. The number of ether oxygens (including phenoxy) is 1. The van der Waals surface area contributed by atoms with E-state index in [4.69, 9.17) is 9.57 Å². The molecule has 2 atom stereocenters. The average molecular weight is 454 g/mol. The molecule has 32 heavy (non-hydrogen) atoms. The Kier molecular flexibility index (Phi) is 7.02. The van der Waals surface area contributed by atoms with E-state index in [0.29, 0.717) is 12.3 Å². The third-order valence-corrected chi connectivity index (χ3v) is 6.31. The molecule has 1 aliphatic rings. The highest BCUT2D eigenvalue weighted by molar-refractivity contribution is 7.99. The summed E-state index contributed by atoms with van der Waals surface area (Å²) in [4.78, 5) is 32.3. The normalized spacial score (nSPS) is 16.9. The predicted octanol–water partition coefficient (Wildman–Crippen LogP) is 4.28. The maximum absolute atomic E-state index is 11.9. The van der Waals surface area contributed by atoms with Gasteiger partial charge in [-0.3, -0.25) is 9.59 Å². The molecule has 0 unspecified atom stereocenters. The smallest absolute Gasteiger partial charge is 0.322 e. The fourth-order valence-electron chi connectivity index (χ4n) is 4.18. The van der Waals surface area contributed by atoms with Crippen LogP contribution in [0, 0.1) is 0 Å². The fourth-order valence-corrected chi connectivity index (χ4v) is 5.04. The molecule has 2 heterocycles. The second-order valence-corrected chi connectivity index (χ2v) is 8.70. The van der Waals surface area contributed by atoms with Gasteiger partial charge in [-0.25, -0.2) is 0 Å². The molecule has 2 N–H and O–H groups in total. The van der Waals surface area contributed by atoms with Gasteiger partial charge in [0.05, 0.1) is 6.04 Å². The first-order valence-corrected chi connectivity index (χ1v) is 11.8. The van der Waals surface area contributed by atoms with E-state index in [1.54, 1.807) is 5.06 Å². The van der Waals surface area contributed by atoms with E-state index < -0.39 is 0 Å². The molecule has 168 valence electrons. The molecule has 0 radical (unpaired) electrons. The number of anilines is 1. The number of fused-ring (bicyclic) bond motifs is 3. The molecule has 0 saturated carbocycles. The summed E-state index contributed by atoms with van der Waals surface area (Å²) in [6, 6.07) is 17.8. The number of para-hydroxylation sites is 2. The highest BCUT2D eigenvalue weighted by atomic mass is 32.2. The number of carbonyl (C=O) groups is 2. The molecule has 4 rings (SSSR count). The quantitative estimate of drug-likeness (QED) is 0.299. The second-order valence-electron chi connectivity index (χ2n) is 7.72. The number of aromatic nitrogens is 1. The van der Waals surface area contributed by atoms with Gasteiger partial charge in [0.1, 0.15) is 12.0 Å². The number of nitrogens with one attached hydrogen (secondary N) is 2. The molecule has 0 spiro atoms. The summed E-state index contributed by atoms with van der Waals surface area (Å²) in [5.74, 6) is 0.254. The van der Waals surface area contributed by atoms with E-state index in [9.17, 15) is 9.59 Å². The van der Waals surface area contributed by atoms with Gasteiger partial charge < -0.3 is 19.9 Å². The van der Waals surface area contributed by atoms with Crippen molar-refractivity contribution in [3.63, 3.8) is 0 Å². The lowest BCUT2D eigenvalue weighted by molar-refractivity contribution is -0.204. The number of esters is 1. The van der Waals surface area contributed by atoms with Crippen LogP contribution in [0.1, 0.15) is 31.1 Å². The molecule has 2 aromatic carbocycles. The van der Waals surface area contributed by atoms with E-state index in [-0.39, 0.29) is 30.0 Å². The first-order valence-electron chi connectivity index (χ1n) is 10.6. The average Bonchev–Trinajstić information content (AvgIpc) is 3.15. The number of rotatable bonds is 8. The Morgan fingerprint density at radius 3 is 2.62 bits per heavy atom. The number of benzene rings is 2. The third-order valence-electron chi connectivity index (χ3n) is 5.43. The monoisotopic (exact) mass is 453 g/mol. The van der Waals surface area contributed by atoms with Crippen LogP contribution in [0.2, 0.25) is 0 Å². The summed E-state index contributed by atoms with van der Waals surface area (Å²) in [6.07, 6.45) is 0.780. The van der Waals surface area contributed by atoms with Gasteiger partial charge in [-0.15, -0.1) is 16.8 Å². The lowest BCUT2D eigenvalue weighted by Crippen LogP contribution is -2.46. The van der Waals surface area contributed by atoms with Crippen LogP contribution in [0.25, 0.3) is 10.9 Å². The lowest BCUT2D eigenvalue weighted by atomic mass is 9.94. The number of nitrogens with zero attached hydrogens (tertiary/aromatic N) is 1. The van der Waals surface area contributed by atoms with Gasteiger partial charge in [0.25, 0.3) is 0 Å². The molecule has 0 fully saturated rings. The predicted molar refractivity (Wildman–Crippen MR) is 126 cm³/mol. The lowest BCUT2D eigenvalue weighted by Gasteiger charge is -2.39. The summed E-state index contributed by atoms with van der Waals surface area (Å²) in [5.41, 5.74) is 4.33. The van der Waals surface area contributed by atoms with Crippen molar-refractivity contribution in [1.82, 2.24) is 10.0 Å². The molecule has 3 aromatic rings. The van der Waals surface area contributed by atoms with Crippen molar-refractivity contribution < 1.29 is 19.2 Å². The van der Waals surface area contributed by atoms with E-state index in [1.807, 2.05) is 42.5 Å². The van der Waals surface area contributed by atoms with Crippen molar-refractivity contribution in [3.05, 3.63) is 65.9 Å². The van der Waals surface area contributed by atoms with Crippen LogP contribution < -0.4 is 5.32 Å². The van der Waals surface area contributed by atoms with E-state index in [0.717, 1.165) is 23.3 Å². The largest absolute Gasteiger partial charge is 0.455 e. The minimum Gasteiger partial charge on any atom is -0.455 e. The number of hydrogen-bond donors (Lipinski definition) is 2. The number of aromatic amines is 1. The van der Waals surface area contributed by atoms with Gasteiger partial charge in [-0.05, 0) is 30.2 Å². The van der Waals surface area contributed by atoms with Gasteiger partial charge in [-0.2, -0.15) is 0 Å². The van der Waals surface area contributed by atoms with Crippen molar-refractivity contribution in [2.75, 3.05) is 23.6 Å². The molecule has 0 amide bonds. The Morgan fingerprint density at radius 2 is 1.88 bits per heavy atom. The summed E-state index contributed by atoms with van der Waals surface area (Å²) in [5, 5.41) is 6.58. The molecule has 0 bridgehead atoms. The number of H-pyrrole nitrogens is 1. The molecule has 1 aliphatic heterocycles. The Hall–Kier alpha value is -2.97. The van der Waals surface area contributed by atoms with Crippen molar-refractivity contribution in [1.29, 1.82) is 0 Å². The SMILES string of the molecule is CC(=O)OCSC[C@H](Nc1ccccc1)[C@@H]1c2[nH]c3ccccc3c2CCN1OC(C)=O. The molecule has 7 nitrogen and oxygen atoms in total. The third kappa shape index (κ3) is 5.08. The van der Waals surface area contributed by atoms with E-state index in [2.05, 4.69) is 22.4 Å². The standard InChI is InChI=1S/C24H27N3O4S/c1-16(28)30-15-32-14-22(25-18-8-4-3-5-9-18)24-23-20(12-13-27(24)31-17(2)29)19-10-6-7-11-21(19)26-23/h3-11,22,24-26H,12-15H2,1-2H3/t22-,24+/m0/s1. The van der Waals surface area contributed by atoms with Crippen LogP contribution in [0.3, 0.4) is 0 Å². The molecule has 0 saturated heterocycles. The zero-order chi connectivity index (χ0) is 22.5. The van der Waals surface area contributed by atoms with Gasteiger partial charge >= 0.3 is 11.9 Å².